The Morgan fingerprint density at radius 2 is 1.97 bits per heavy atom. The van der Waals surface area contributed by atoms with Crippen molar-refractivity contribution in [2.24, 2.45) is 5.92 Å². The number of ether oxygens (including phenoxy) is 1. The monoisotopic (exact) mass is 463 g/mol. The van der Waals surface area contributed by atoms with Gasteiger partial charge in [-0.2, -0.15) is 5.10 Å². The molecule has 1 unspecified atom stereocenters. The first-order valence-electron chi connectivity index (χ1n) is 11.6. The third kappa shape index (κ3) is 5.29. The Kier molecular flexibility index (Phi) is 6.38. The Morgan fingerprint density at radius 1 is 1.14 bits per heavy atom. The van der Waals surface area contributed by atoms with E-state index in [0.29, 0.717) is 41.0 Å². The van der Waals surface area contributed by atoms with Crippen LogP contribution in [0.3, 0.4) is 0 Å². The fourth-order valence-electron chi connectivity index (χ4n) is 3.96. The third-order valence-corrected chi connectivity index (χ3v) is 5.90. The zero-order valence-electron chi connectivity index (χ0n) is 19.4. The summed E-state index contributed by atoms with van der Waals surface area (Å²) < 4.78 is 7.86. The molecule has 4 aromatic rings. The van der Waals surface area contributed by atoms with Gasteiger partial charge in [-0.25, -0.2) is 9.53 Å². The molecule has 7 nitrogen and oxygen atoms in total. The Labute approximate surface area is 204 Å². The molecule has 0 bridgehead atoms. The zero-order valence-corrected chi connectivity index (χ0v) is 19.4. The van der Waals surface area contributed by atoms with Gasteiger partial charge in [-0.05, 0) is 67.6 Å². The summed E-state index contributed by atoms with van der Waals surface area (Å²) in [5, 5.41) is 7.48. The van der Waals surface area contributed by atoms with E-state index in [2.05, 4.69) is 20.2 Å². The Bertz CT molecular complexity index is 1390. The first kappa shape index (κ1) is 22.5. The molecule has 0 radical (unpaired) electrons. The maximum Gasteiger partial charge on any atom is 0.274 e. The van der Waals surface area contributed by atoms with Crippen molar-refractivity contribution in [2.45, 2.75) is 25.9 Å². The SMILES string of the molecule is [C-]#[N+]c1cccc(-n2nc(C)cc2C(=O)Nc2cccc(C(OCC3CC3)c3cccnc3)c2)c1. The number of benzene rings is 2. The smallest absolute Gasteiger partial charge is 0.274 e. The quantitative estimate of drug-likeness (QED) is 0.331. The average Bonchev–Trinajstić information content (AvgIpc) is 3.63. The number of nitrogens with zero attached hydrogens (tertiary/aromatic N) is 4. The average molecular weight is 464 g/mol. The second-order valence-electron chi connectivity index (χ2n) is 8.74. The van der Waals surface area contributed by atoms with Crippen LogP contribution in [-0.2, 0) is 4.74 Å². The van der Waals surface area contributed by atoms with Gasteiger partial charge in [0.15, 0.2) is 5.69 Å². The first-order valence-corrected chi connectivity index (χ1v) is 11.6. The van der Waals surface area contributed by atoms with Crippen LogP contribution < -0.4 is 5.32 Å². The molecule has 1 N–H and O–H groups in total. The van der Waals surface area contributed by atoms with Crippen LogP contribution in [0.5, 0.6) is 0 Å². The summed E-state index contributed by atoms with van der Waals surface area (Å²) in [4.78, 5) is 21.0. The van der Waals surface area contributed by atoms with Crippen molar-refractivity contribution >= 4 is 17.3 Å². The maximum absolute atomic E-state index is 13.3. The molecule has 1 saturated carbocycles. The van der Waals surface area contributed by atoms with Crippen LogP contribution in [0.1, 0.15) is 46.3 Å². The molecule has 0 saturated heterocycles. The predicted molar refractivity (Wildman–Crippen MR) is 134 cm³/mol. The number of pyridine rings is 1. The lowest BCUT2D eigenvalue weighted by Gasteiger charge is -2.19. The number of nitrogens with one attached hydrogen (secondary N) is 1. The summed E-state index contributed by atoms with van der Waals surface area (Å²) >= 11 is 0. The van der Waals surface area contributed by atoms with Crippen LogP contribution >= 0.6 is 0 Å². The molecular formula is C28H25N5O2. The highest BCUT2D eigenvalue weighted by Crippen LogP contribution is 2.34. The molecule has 5 rings (SSSR count). The summed E-state index contributed by atoms with van der Waals surface area (Å²) in [6, 6.07) is 20.4. The number of carbonyl (C=O) groups is 1. The lowest BCUT2D eigenvalue weighted by molar-refractivity contribution is 0.0716. The molecule has 1 fully saturated rings. The molecule has 2 aromatic carbocycles. The van der Waals surface area contributed by atoms with Gasteiger partial charge < -0.3 is 10.1 Å². The Hall–Kier alpha value is -4.28. The van der Waals surface area contributed by atoms with Gasteiger partial charge in [0.25, 0.3) is 5.91 Å². The molecule has 174 valence electrons. The minimum absolute atomic E-state index is 0.259. The number of rotatable bonds is 8. The van der Waals surface area contributed by atoms with Crippen molar-refractivity contribution in [2.75, 3.05) is 11.9 Å². The first-order chi connectivity index (χ1) is 17.1. The van der Waals surface area contributed by atoms with E-state index in [1.165, 1.54) is 12.8 Å². The fourth-order valence-corrected chi connectivity index (χ4v) is 3.96. The number of amides is 1. The van der Waals surface area contributed by atoms with Crippen LogP contribution in [0.2, 0.25) is 0 Å². The van der Waals surface area contributed by atoms with Crippen LogP contribution in [0.25, 0.3) is 10.5 Å². The molecule has 1 amide bonds. The Morgan fingerprint density at radius 3 is 2.74 bits per heavy atom. The molecule has 35 heavy (non-hydrogen) atoms. The van der Waals surface area contributed by atoms with Gasteiger partial charge >= 0.3 is 0 Å². The van der Waals surface area contributed by atoms with E-state index in [4.69, 9.17) is 11.3 Å². The van der Waals surface area contributed by atoms with Gasteiger partial charge in [-0.3, -0.25) is 9.78 Å². The summed E-state index contributed by atoms with van der Waals surface area (Å²) in [7, 11) is 0. The summed E-state index contributed by atoms with van der Waals surface area (Å²) in [5.41, 5.74) is 4.84. The Balaban J connectivity index is 1.40. The van der Waals surface area contributed by atoms with E-state index in [0.717, 1.165) is 11.1 Å². The fraction of sp³-hybridized carbons (Fsp3) is 0.214. The van der Waals surface area contributed by atoms with Gasteiger partial charge in [0.05, 0.1) is 24.6 Å². The molecule has 7 heteroatoms. The molecule has 2 heterocycles. The zero-order chi connectivity index (χ0) is 24.2. The number of aromatic nitrogens is 3. The van der Waals surface area contributed by atoms with Crippen molar-refractivity contribution in [1.29, 1.82) is 0 Å². The topological polar surface area (TPSA) is 73.4 Å². The van der Waals surface area contributed by atoms with Crippen molar-refractivity contribution < 1.29 is 9.53 Å². The third-order valence-electron chi connectivity index (χ3n) is 5.90. The van der Waals surface area contributed by atoms with E-state index in [-0.39, 0.29) is 12.0 Å². The summed E-state index contributed by atoms with van der Waals surface area (Å²) in [6.07, 6.45) is 5.73. The lowest BCUT2D eigenvalue weighted by atomic mass is 10.0. The van der Waals surface area contributed by atoms with Gasteiger partial charge in [0, 0.05) is 23.6 Å². The molecule has 0 spiro atoms. The van der Waals surface area contributed by atoms with Gasteiger partial charge in [-0.15, -0.1) is 0 Å². The van der Waals surface area contributed by atoms with E-state index < -0.39 is 0 Å². The second kappa shape index (κ2) is 9.92. The van der Waals surface area contributed by atoms with Gasteiger partial charge in [-0.1, -0.05) is 30.3 Å². The predicted octanol–water partition coefficient (Wildman–Crippen LogP) is 5.89. The maximum atomic E-state index is 13.3. The van der Waals surface area contributed by atoms with E-state index in [1.54, 1.807) is 35.1 Å². The highest BCUT2D eigenvalue weighted by molar-refractivity contribution is 6.03. The van der Waals surface area contributed by atoms with Crippen LogP contribution in [0.15, 0.2) is 79.1 Å². The van der Waals surface area contributed by atoms with E-state index >= 15 is 0 Å². The van der Waals surface area contributed by atoms with Crippen molar-refractivity contribution in [3.63, 3.8) is 0 Å². The van der Waals surface area contributed by atoms with Crippen molar-refractivity contribution in [3.05, 3.63) is 113 Å². The largest absolute Gasteiger partial charge is 0.368 e. The molecule has 1 aliphatic carbocycles. The van der Waals surface area contributed by atoms with Crippen LogP contribution in [0.4, 0.5) is 11.4 Å². The van der Waals surface area contributed by atoms with E-state index in [1.807, 2.05) is 55.6 Å². The minimum atomic E-state index is -0.284. The number of carbonyl (C=O) groups excluding carboxylic acids is 1. The van der Waals surface area contributed by atoms with Crippen molar-refractivity contribution in [3.8, 4) is 5.69 Å². The molecule has 1 aliphatic rings. The summed E-state index contributed by atoms with van der Waals surface area (Å²) in [6.45, 7) is 9.81. The normalized spacial score (nSPS) is 13.7. The summed E-state index contributed by atoms with van der Waals surface area (Å²) in [5.74, 6) is 0.342. The molecule has 0 aliphatic heterocycles. The second-order valence-corrected chi connectivity index (χ2v) is 8.74. The number of aryl methyl sites for hydroxylation is 1. The number of anilines is 1. The highest BCUT2D eigenvalue weighted by Gasteiger charge is 2.25. The lowest BCUT2D eigenvalue weighted by Crippen LogP contribution is -2.17. The van der Waals surface area contributed by atoms with Gasteiger partial charge in [0.2, 0.25) is 0 Å². The highest BCUT2D eigenvalue weighted by atomic mass is 16.5. The standard InChI is InChI=1S/C28H25N5O2/c1-19-14-26(33(32-19)25-10-4-8-23(16-25)29-2)28(34)31-24-9-3-6-21(15-24)27(35-18-20-11-12-20)22-7-5-13-30-17-22/h3-10,13-17,20,27H,11-12,18H2,1H3,(H,31,34). The molecule has 2 aromatic heterocycles. The van der Waals surface area contributed by atoms with Gasteiger partial charge in [0.1, 0.15) is 11.8 Å². The molecular weight excluding hydrogens is 438 g/mol. The molecule has 1 atom stereocenters. The minimum Gasteiger partial charge on any atom is -0.368 e. The number of hydrogen-bond acceptors (Lipinski definition) is 4. The van der Waals surface area contributed by atoms with Crippen LogP contribution in [-0.4, -0.2) is 27.3 Å². The van der Waals surface area contributed by atoms with E-state index in [9.17, 15) is 4.79 Å². The van der Waals surface area contributed by atoms with Crippen molar-refractivity contribution in [1.82, 2.24) is 14.8 Å². The van der Waals surface area contributed by atoms with Crippen LogP contribution in [0, 0.1) is 19.4 Å². The number of hydrogen-bond donors (Lipinski definition) is 1.